The first kappa shape index (κ1) is 24.8. The number of benzene rings is 1. The molecule has 0 N–H and O–H groups in total. The van der Waals surface area contributed by atoms with E-state index in [9.17, 15) is 9.59 Å². The lowest BCUT2D eigenvalue weighted by molar-refractivity contribution is -0.126. The number of hydrogen-bond donors (Lipinski definition) is 0. The molecule has 1 heterocycles. The van der Waals surface area contributed by atoms with Gasteiger partial charge in [0.15, 0.2) is 0 Å². The summed E-state index contributed by atoms with van der Waals surface area (Å²) in [6.45, 7) is 18.9. The fourth-order valence-electron chi connectivity index (χ4n) is 2.90. The number of imide groups is 1. The SMILES string of the molecule is CC(=O)N(Cc1ccccn1)C(=O)c1ccc(O[Si](C)(C)C(C)(C)C)c(C(C)(C)C)c1. The molecule has 0 saturated heterocycles. The van der Waals surface area contributed by atoms with Gasteiger partial charge in [-0.2, -0.15) is 0 Å². The van der Waals surface area contributed by atoms with Crippen LogP contribution < -0.4 is 4.43 Å². The maximum Gasteiger partial charge on any atom is 0.260 e. The van der Waals surface area contributed by atoms with Crippen LogP contribution in [0.2, 0.25) is 18.1 Å². The van der Waals surface area contributed by atoms with Crippen molar-refractivity contribution in [3.05, 3.63) is 59.4 Å². The molecule has 2 aromatic rings. The van der Waals surface area contributed by atoms with Crippen LogP contribution in [0.1, 0.15) is 70.1 Å². The van der Waals surface area contributed by atoms with Crippen molar-refractivity contribution in [2.45, 2.75) is 78.6 Å². The molecule has 168 valence electrons. The number of aromatic nitrogens is 1. The van der Waals surface area contributed by atoms with Gasteiger partial charge in [-0.25, -0.2) is 0 Å². The number of carbonyl (C=O) groups excluding carboxylic acids is 2. The number of hydrogen-bond acceptors (Lipinski definition) is 4. The zero-order chi connectivity index (χ0) is 23.6. The van der Waals surface area contributed by atoms with Crippen LogP contribution in [-0.2, 0) is 16.8 Å². The van der Waals surface area contributed by atoms with Crippen LogP contribution >= 0.6 is 0 Å². The number of rotatable bonds is 5. The molecule has 0 atom stereocenters. The molecule has 0 aliphatic carbocycles. The summed E-state index contributed by atoms with van der Waals surface area (Å²) < 4.78 is 6.60. The highest BCUT2D eigenvalue weighted by atomic mass is 28.4. The van der Waals surface area contributed by atoms with E-state index in [0.717, 1.165) is 11.3 Å². The number of nitrogens with zero attached hydrogens (tertiary/aromatic N) is 2. The van der Waals surface area contributed by atoms with Gasteiger partial charge in [0.2, 0.25) is 14.2 Å². The van der Waals surface area contributed by atoms with Gasteiger partial charge in [-0.1, -0.05) is 47.6 Å². The fraction of sp³-hybridized carbons (Fsp3) is 0.480. The third-order valence-electron chi connectivity index (χ3n) is 5.88. The maximum absolute atomic E-state index is 13.3. The molecule has 0 radical (unpaired) electrons. The zero-order valence-corrected chi connectivity index (χ0v) is 21.4. The van der Waals surface area contributed by atoms with Crippen LogP contribution in [0.3, 0.4) is 0 Å². The number of carbonyl (C=O) groups is 2. The molecule has 5 nitrogen and oxygen atoms in total. The van der Waals surface area contributed by atoms with Gasteiger partial charge in [-0.05, 0) is 59.4 Å². The van der Waals surface area contributed by atoms with E-state index in [-0.39, 0.29) is 28.8 Å². The monoisotopic (exact) mass is 440 g/mol. The van der Waals surface area contributed by atoms with Gasteiger partial charge >= 0.3 is 0 Å². The minimum Gasteiger partial charge on any atom is -0.543 e. The number of amides is 2. The summed E-state index contributed by atoms with van der Waals surface area (Å²) in [7, 11) is -2.05. The largest absolute Gasteiger partial charge is 0.543 e. The van der Waals surface area contributed by atoms with E-state index in [1.54, 1.807) is 24.4 Å². The van der Waals surface area contributed by atoms with Crippen molar-refractivity contribution in [2.75, 3.05) is 0 Å². The second-order valence-corrected chi connectivity index (χ2v) is 15.3. The second-order valence-electron chi connectivity index (χ2n) is 10.6. The van der Waals surface area contributed by atoms with E-state index in [2.05, 4.69) is 59.6 Å². The van der Waals surface area contributed by atoms with E-state index in [4.69, 9.17) is 4.43 Å². The molecule has 0 saturated carbocycles. The van der Waals surface area contributed by atoms with Crippen molar-refractivity contribution in [1.82, 2.24) is 9.88 Å². The molecule has 0 aliphatic rings. The van der Waals surface area contributed by atoms with Crippen molar-refractivity contribution < 1.29 is 14.0 Å². The second kappa shape index (κ2) is 8.95. The Labute approximate surface area is 188 Å². The first-order chi connectivity index (χ1) is 14.1. The first-order valence-corrected chi connectivity index (χ1v) is 13.6. The van der Waals surface area contributed by atoms with Crippen LogP contribution in [-0.4, -0.2) is 30.0 Å². The predicted octanol–water partition coefficient (Wildman–Crippen LogP) is 5.95. The molecular formula is C25H36N2O3Si. The summed E-state index contributed by atoms with van der Waals surface area (Å²) in [5.74, 6) is 0.173. The summed E-state index contributed by atoms with van der Waals surface area (Å²) in [5.41, 5.74) is 1.87. The smallest absolute Gasteiger partial charge is 0.260 e. The summed E-state index contributed by atoms with van der Waals surface area (Å²) in [6, 6.07) is 11.0. The summed E-state index contributed by atoms with van der Waals surface area (Å²) in [6.07, 6.45) is 1.66. The van der Waals surface area contributed by atoms with E-state index >= 15 is 0 Å². The molecule has 0 aliphatic heterocycles. The summed E-state index contributed by atoms with van der Waals surface area (Å²) >= 11 is 0. The maximum atomic E-state index is 13.3. The van der Waals surface area contributed by atoms with Crippen LogP contribution in [0, 0.1) is 0 Å². The molecular weight excluding hydrogens is 404 g/mol. The Kier molecular flexibility index (Phi) is 7.16. The van der Waals surface area contributed by atoms with Crippen molar-refractivity contribution in [3.8, 4) is 5.75 Å². The molecule has 2 rings (SSSR count). The normalized spacial score (nSPS) is 12.4. The lowest BCUT2D eigenvalue weighted by Crippen LogP contribution is -2.44. The van der Waals surface area contributed by atoms with Crippen molar-refractivity contribution in [2.24, 2.45) is 0 Å². The quantitative estimate of drug-likeness (QED) is 0.539. The van der Waals surface area contributed by atoms with Gasteiger partial charge < -0.3 is 4.43 Å². The van der Waals surface area contributed by atoms with E-state index in [1.807, 2.05) is 18.2 Å². The average molecular weight is 441 g/mol. The van der Waals surface area contributed by atoms with Gasteiger partial charge in [-0.15, -0.1) is 0 Å². The van der Waals surface area contributed by atoms with Crippen LogP contribution in [0.15, 0.2) is 42.6 Å². The van der Waals surface area contributed by atoms with Gasteiger partial charge in [0.05, 0.1) is 12.2 Å². The Morgan fingerprint density at radius 3 is 2.16 bits per heavy atom. The lowest BCUT2D eigenvalue weighted by atomic mass is 9.85. The Hall–Kier alpha value is -2.47. The molecule has 0 bridgehead atoms. The molecule has 1 aromatic carbocycles. The third-order valence-corrected chi connectivity index (χ3v) is 10.2. The van der Waals surface area contributed by atoms with Gasteiger partial charge in [-0.3, -0.25) is 19.5 Å². The third kappa shape index (κ3) is 6.03. The zero-order valence-electron chi connectivity index (χ0n) is 20.4. The molecule has 6 heteroatoms. The molecule has 0 spiro atoms. The average Bonchev–Trinajstić information content (AvgIpc) is 2.64. The first-order valence-electron chi connectivity index (χ1n) is 10.7. The van der Waals surface area contributed by atoms with Gasteiger partial charge in [0.25, 0.3) is 5.91 Å². The number of pyridine rings is 1. The summed E-state index contributed by atoms with van der Waals surface area (Å²) in [5, 5.41) is 0.0603. The van der Waals surface area contributed by atoms with Crippen molar-refractivity contribution in [1.29, 1.82) is 0 Å². The Morgan fingerprint density at radius 2 is 1.68 bits per heavy atom. The topological polar surface area (TPSA) is 59.5 Å². The molecule has 0 unspecified atom stereocenters. The molecule has 0 fully saturated rings. The highest BCUT2D eigenvalue weighted by molar-refractivity contribution is 6.74. The van der Waals surface area contributed by atoms with Crippen molar-refractivity contribution >= 4 is 20.1 Å². The van der Waals surface area contributed by atoms with Crippen LogP contribution in [0.5, 0.6) is 5.75 Å². The fourth-order valence-corrected chi connectivity index (χ4v) is 3.94. The van der Waals surface area contributed by atoms with E-state index < -0.39 is 8.32 Å². The molecule has 1 aromatic heterocycles. The minimum absolute atomic E-state index is 0.0603. The Bertz CT molecular complexity index is 941. The predicted molar refractivity (Wildman–Crippen MR) is 128 cm³/mol. The van der Waals surface area contributed by atoms with Crippen LogP contribution in [0.25, 0.3) is 0 Å². The lowest BCUT2D eigenvalue weighted by Gasteiger charge is -2.38. The van der Waals surface area contributed by atoms with Gasteiger partial charge in [0, 0.05) is 18.7 Å². The Morgan fingerprint density at radius 1 is 1.03 bits per heavy atom. The minimum atomic E-state index is -2.05. The van der Waals surface area contributed by atoms with Crippen molar-refractivity contribution in [3.63, 3.8) is 0 Å². The molecule has 31 heavy (non-hydrogen) atoms. The summed E-state index contributed by atoms with van der Waals surface area (Å²) in [4.78, 5) is 31.0. The highest BCUT2D eigenvalue weighted by Crippen LogP contribution is 2.40. The van der Waals surface area contributed by atoms with Gasteiger partial charge in [0.1, 0.15) is 5.75 Å². The molecule has 2 amide bonds. The standard InChI is InChI=1S/C25H36N2O3Si/c1-18(28)27(17-20-12-10-11-15-26-20)23(29)19-13-14-22(21(16-19)24(2,3)4)30-31(8,9)25(5,6)7/h10-16H,17H2,1-9H3. The van der Waals surface area contributed by atoms with E-state index in [1.165, 1.54) is 11.8 Å². The highest BCUT2D eigenvalue weighted by Gasteiger charge is 2.40. The van der Waals surface area contributed by atoms with E-state index in [0.29, 0.717) is 11.3 Å². The van der Waals surface area contributed by atoms with Crippen LogP contribution in [0.4, 0.5) is 0 Å². The Balaban J connectivity index is 2.45.